The molecule has 0 fully saturated rings. The van der Waals surface area contributed by atoms with Crippen molar-refractivity contribution in [1.29, 1.82) is 0 Å². The van der Waals surface area contributed by atoms with Crippen LogP contribution >= 0.6 is 0 Å². The van der Waals surface area contributed by atoms with Crippen molar-refractivity contribution in [2.24, 2.45) is 0 Å². The number of likely N-dealkylation sites (N-methyl/N-ethyl adjacent to an activating group) is 1. The number of amides is 2. The van der Waals surface area contributed by atoms with E-state index in [0.717, 1.165) is 5.76 Å². The number of furan rings is 1. The highest BCUT2D eigenvalue weighted by Crippen LogP contribution is 2.18. The summed E-state index contributed by atoms with van der Waals surface area (Å²) in [6.07, 6.45) is 1.58. The van der Waals surface area contributed by atoms with Crippen LogP contribution in [0.25, 0.3) is 0 Å². The lowest BCUT2D eigenvalue weighted by molar-refractivity contribution is -0.117. The summed E-state index contributed by atoms with van der Waals surface area (Å²) in [7, 11) is 1.80. The van der Waals surface area contributed by atoms with Crippen LogP contribution in [0.1, 0.15) is 16.1 Å². The molecule has 144 valence electrons. The third-order valence-corrected chi connectivity index (χ3v) is 3.97. The third-order valence-electron chi connectivity index (χ3n) is 3.97. The Morgan fingerprint density at radius 3 is 2.46 bits per heavy atom. The molecule has 0 unspecified atom stereocenters. The van der Waals surface area contributed by atoms with E-state index < -0.39 is 5.91 Å². The maximum Gasteiger partial charge on any atom is 0.257 e. The van der Waals surface area contributed by atoms with Crippen LogP contribution in [0.5, 0.6) is 0 Å². The zero-order valence-electron chi connectivity index (χ0n) is 15.3. The van der Waals surface area contributed by atoms with Crippen LogP contribution in [-0.2, 0) is 11.3 Å². The predicted molar refractivity (Wildman–Crippen MR) is 104 cm³/mol. The standard InChI is InChI=1S/C21H20FN3O3/c1-25(13-17-5-4-12-28-17)14-20(26)24-19-7-3-2-6-18(19)21(27)23-16-10-8-15(22)9-11-16/h2-12H,13-14H2,1H3,(H,23,27)(H,24,26). The molecule has 7 heteroatoms. The van der Waals surface area contributed by atoms with Crippen molar-refractivity contribution in [1.82, 2.24) is 4.90 Å². The lowest BCUT2D eigenvalue weighted by Gasteiger charge is -2.16. The van der Waals surface area contributed by atoms with E-state index in [4.69, 9.17) is 4.42 Å². The molecule has 1 heterocycles. The monoisotopic (exact) mass is 381 g/mol. The molecule has 2 aromatic carbocycles. The quantitative estimate of drug-likeness (QED) is 0.654. The summed E-state index contributed by atoms with van der Waals surface area (Å²) < 4.78 is 18.3. The SMILES string of the molecule is CN(CC(=O)Nc1ccccc1C(=O)Nc1ccc(F)cc1)Cc1ccco1. The number of hydrogen-bond donors (Lipinski definition) is 2. The number of carbonyl (C=O) groups excluding carboxylic acids is 2. The van der Waals surface area contributed by atoms with Crippen LogP contribution in [0.3, 0.4) is 0 Å². The molecule has 3 rings (SSSR count). The van der Waals surface area contributed by atoms with Gasteiger partial charge in [0, 0.05) is 5.69 Å². The van der Waals surface area contributed by atoms with Crippen LogP contribution in [0.2, 0.25) is 0 Å². The zero-order chi connectivity index (χ0) is 19.9. The maximum absolute atomic E-state index is 13.0. The second-order valence-electron chi connectivity index (χ2n) is 6.31. The van der Waals surface area contributed by atoms with Gasteiger partial charge in [-0.25, -0.2) is 4.39 Å². The summed E-state index contributed by atoms with van der Waals surface area (Å²) in [6.45, 7) is 0.627. The summed E-state index contributed by atoms with van der Waals surface area (Å²) in [5, 5.41) is 5.45. The van der Waals surface area contributed by atoms with Gasteiger partial charge in [0.1, 0.15) is 11.6 Å². The number of anilines is 2. The van der Waals surface area contributed by atoms with Crippen LogP contribution < -0.4 is 10.6 Å². The number of carbonyl (C=O) groups is 2. The van der Waals surface area contributed by atoms with Gasteiger partial charge in [-0.2, -0.15) is 0 Å². The molecule has 0 bridgehead atoms. The first-order valence-corrected chi connectivity index (χ1v) is 8.68. The van der Waals surface area contributed by atoms with Crippen molar-refractivity contribution in [3.05, 3.63) is 84.1 Å². The van der Waals surface area contributed by atoms with Gasteiger partial charge in [0.05, 0.1) is 30.6 Å². The largest absolute Gasteiger partial charge is 0.468 e. The van der Waals surface area contributed by atoms with Crippen molar-refractivity contribution in [3.8, 4) is 0 Å². The van der Waals surface area contributed by atoms with Gasteiger partial charge < -0.3 is 15.1 Å². The number of hydrogen-bond acceptors (Lipinski definition) is 4. The van der Waals surface area contributed by atoms with Crippen LogP contribution in [0, 0.1) is 5.82 Å². The number of halogens is 1. The molecule has 0 saturated heterocycles. The summed E-state index contributed by atoms with van der Waals surface area (Å²) in [6, 6.07) is 15.8. The first kappa shape index (κ1) is 19.3. The van der Waals surface area contributed by atoms with E-state index >= 15 is 0 Å². The molecule has 2 amide bonds. The normalized spacial score (nSPS) is 10.7. The van der Waals surface area contributed by atoms with Crippen LogP contribution in [-0.4, -0.2) is 30.3 Å². The Balaban J connectivity index is 1.63. The highest BCUT2D eigenvalue weighted by atomic mass is 19.1. The van der Waals surface area contributed by atoms with E-state index in [1.807, 2.05) is 6.07 Å². The average molecular weight is 381 g/mol. The van der Waals surface area contributed by atoms with E-state index in [0.29, 0.717) is 23.5 Å². The molecule has 0 aliphatic rings. The topological polar surface area (TPSA) is 74.6 Å². The first-order chi connectivity index (χ1) is 13.5. The highest BCUT2D eigenvalue weighted by Gasteiger charge is 2.15. The van der Waals surface area contributed by atoms with E-state index in [9.17, 15) is 14.0 Å². The van der Waals surface area contributed by atoms with E-state index in [-0.39, 0.29) is 18.3 Å². The minimum Gasteiger partial charge on any atom is -0.468 e. The number of benzene rings is 2. The molecule has 1 aromatic heterocycles. The lowest BCUT2D eigenvalue weighted by Crippen LogP contribution is -2.30. The van der Waals surface area contributed by atoms with Crippen molar-refractivity contribution >= 4 is 23.2 Å². The molecule has 28 heavy (non-hydrogen) atoms. The Morgan fingerprint density at radius 1 is 1.00 bits per heavy atom. The van der Waals surface area contributed by atoms with Gasteiger partial charge in [-0.1, -0.05) is 12.1 Å². The fraction of sp³-hybridized carbons (Fsp3) is 0.143. The molecular weight excluding hydrogens is 361 g/mol. The average Bonchev–Trinajstić information content (AvgIpc) is 3.16. The molecule has 0 aliphatic carbocycles. The molecular formula is C21H20FN3O3. The lowest BCUT2D eigenvalue weighted by atomic mass is 10.1. The van der Waals surface area contributed by atoms with Gasteiger partial charge in [0.15, 0.2) is 0 Å². The Kier molecular flexibility index (Phi) is 6.18. The fourth-order valence-corrected chi connectivity index (χ4v) is 2.68. The molecule has 0 atom stereocenters. The third kappa shape index (κ3) is 5.28. The van der Waals surface area contributed by atoms with Gasteiger partial charge in [-0.05, 0) is 55.6 Å². The molecule has 2 N–H and O–H groups in total. The van der Waals surface area contributed by atoms with E-state index in [2.05, 4.69) is 10.6 Å². The molecule has 6 nitrogen and oxygen atoms in total. The number of nitrogens with zero attached hydrogens (tertiary/aromatic N) is 1. The Labute approximate surface area is 162 Å². The summed E-state index contributed by atoms with van der Waals surface area (Å²) in [5.74, 6) is -0.277. The van der Waals surface area contributed by atoms with Crippen LogP contribution in [0.4, 0.5) is 15.8 Å². The van der Waals surface area contributed by atoms with Crippen molar-refractivity contribution in [3.63, 3.8) is 0 Å². The maximum atomic E-state index is 13.0. The highest BCUT2D eigenvalue weighted by molar-refractivity contribution is 6.10. The minimum absolute atomic E-state index is 0.134. The Hall–Kier alpha value is -3.45. The molecule has 0 spiro atoms. The second kappa shape index (κ2) is 8.96. The predicted octanol–water partition coefficient (Wildman–Crippen LogP) is 3.74. The van der Waals surface area contributed by atoms with Crippen molar-refractivity contribution in [2.75, 3.05) is 24.2 Å². The number of nitrogens with one attached hydrogen (secondary N) is 2. The van der Waals surface area contributed by atoms with Crippen LogP contribution in [0.15, 0.2) is 71.3 Å². The molecule has 3 aromatic rings. The van der Waals surface area contributed by atoms with Gasteiger partial charge >= 0.3 is 0 Å². The number of para-hydroxylation sites is 1. The molecule has 0 saturated carbocycles. The smallest absolute Gasteiger partial charge is 0.257 e. The van der Waals surface area contributed by atoms with E-state index in [1.165, 1.54) is 24.3 Å². The Bertz CT molecular complexity index is 940. The van der Waals surface area contributed by atoms with Crippen molar-refractivity contribution < 1.29 is 18.4 Å². The van der Waals surface area contributed by atoms with E-state index in [1.54, 1.807) is 48.5 Å². The first-order valence-electron chi connectivity index (χ1n) is 8.68. The minimum atomic E-state index is -0.397. The summed E-state index contributed by atoms with van der Waals surface area (Å²) in [5.41, 5.74) is 1.18. The number of rotatable bonds is 7. The van der Waals surface area contributed by atoms with Gasteiger partial charge in [0.25, 0.3) is 5.91 Å². The molecule has 0 radical (unpaired) electrons. The second-order valence-corrected chi connectivity index (χ2v) is 6.31. The Morgan fingerprint density at radius 2 is 1.75 bits per heavy atom. The van der Waals surface area contributed by atoms with Crippen molar-refractivity contribution in [2.45, 2.75) is 6.54 Å². The zero-order valence-corrected chi connectivity index (χ0v) is 15.3. The van der Waals surface area contributed by atoms with Gasteiger partial charge in [0.2, 0.25) is 5.91 Å². The summed E-state index contributed by atoms with van der Waals surface area (Å²) >= 11 is 0. The summed E-state index contributed by atoms with van der Waals surface area (Å²) in [4.78, 5) is 26.7. The molecule has 0 aliphatic heterocycles. The fourth-order valence-electron chi connectivity index (χ4n) is 2.68. The van der Waals surface area contributed by atoms with Gasteiger partial charge in [-0.15, -0.1) is 0 Å². The van der Waals surface area contributed by atoms with Gasteiger partial charge in [-0.3, -0.25) is 14.5 Å².